The normalized spacial score (nSPS) is 12.4. The summed E-state index contributed by atoms with van der Waals surface area (Å²) >= 11 is 0. The molecule has 0 atom stereocenters. The molecule has 0 aromatic rings. The molecule has 0 spiro atoms. The Morgan fingerprint density at radius 3 is 1.18 bits per heavy atom. The Balaban J connectivity index is 4.87. The third-order valence-corrected chi connectivity index (χ3v) is 3.14. The minimum atomic E-state index is -0.566. The van der Waals surface area contributed by atoms with E-state index in [1.807, 2.05) is 4.90 Å². The molecule has 0 aliphatic rings. The highest BCUT2D eigenvalue weighted by Crippen LogP contribution is 2.27. The van der Waals surface area contributed by atoms with Gasteiger partial charge in [0.1, 0.15) is 0 Å². The monoisotopic (exact) mass is 251 g/mol. The Kier molecular flexibility index (Phi) is 9.62. The molecule has 0 fully saturated rings. The van der Waals surface area contributed by atoms with E-state index in [1.165, 1.54) is 0 Å². The van der Waals surface area contributed by atoms with Crippen LogP contribution in [0.4, 0.5) is 0 Å². The van der Waals surface area contributed by atoms with Crippen LogP contribution in [-0.2, 0) is 0 Å². The van der Waals surface area contributed by atoms with Gasteiger partial charge in [-0.2, -0.15) is 0 Å². The molecule has 6 nitrogen and oxygen atoms in total. The predicted molar refractivity (Wildman–Crippen MR) is 63.6 cm³/mol. The Morgan fingerprint density at radius 2 is 0.941 bits per heavy atom. The fourth-order valence-corrected chi connectivity index (χ4v) is 2.30. The fourth-order valence-electron chi connectivity index (χ4n) is 2.30. The number of hydrogen-bond donors (Lipinski definition) is 5. The molecule has 0 heterocycles. The van der Waals surface area contributed by atoms with E-state index < -0.39 is 5.54 Å². The van der Waals surface area contributed by atoms with Crippen LogP contribution in [0, 0.1) is 0 Å². The molecule has 5 N–H and O–H groups in total. The van der Waals surface area contributed by atoms with Crippen molar-refractivity contribution in [2.75, 3.05) is 46.1 Å². The Labute approximate surface area is 102 Å². The van der Waals surface area contributed by atoms with Gasteiger partial charge in [-0.05, 0) is 19.3 Å². The van der Waals surface area contributed by atoms with E-state index in [-0.39, 0.29) is 33.0 Å². The standard InChI is InChI=1S/C11H25NO5/c13-6-1-11(2-7-14,3-8-15)12(4-9-16)5-10-17/h13-17H,1-10H2. The number of nitrogens with zero attached hydrogens (tertiary/aromatic N) is 1. The molecular formula is C11H25NO5. The molecule has 17 heavy (non-hydrogen) atoms. The highest BCUT2D eigenvalue weighted by Gasteiger charge is 2.34. The zero-order chi connectivity index (χ0) is 13.1. The average molecular weight is 251 g/mol. The fraction of sp³-hybridized carbons (Fsp3) is 1.00. The molecule has 0 unspecified atom stereocenters. The zero-order valence-electron chi connectivity index (χ0n) is 10.3. The number of β-amino-alcohol motifs (C(OH)–C–C–N with tert-alkyl or cyclic N) is 2. The highest BCUT2D eigenvalue weighted by atomic mass is 16.3. The van der Waals surface area contributed by atoms with Gasteiger partial charge in [0.05, 0.1) is 13.2 Å². The first-order chi connectivity index (χ1) is 8.20. The van der Waals surface area contributed by atoms with Crippen LogP contribution in [0.25, 0.3) is 0 Å². The van der Waals surface area contributed by atoms with E-state index >= 15 is 0 Å². The van der Waals surface area contributed by atoms with Crippen molar-refractivity contribution in [1.29, 1.82) is 0 Å². The van der Waals surface area contributed by atoms with Gasteiger partial charge in [0, 0.05) is 38.4 Å². The molecule has 0 aromatic heterocycles. The molecule has 0 saturated heterocycles. The second-order valence-electron chi connectivity index (χ2n) is 4.08. The Bertz CT molecular complexity index is 156. The first-order valence-electron chi connectivity index (χ1n) is 6.00. The molecule has 0 rings (SSSR count). The third kappa shape index (κ3) is 5.29. The molecule has 0 amide bonds. The summed E-state index contributed by atoms with van der Waals surface area (Å²) in [7, 11) is 0. The average Bonchev–Trinajstić information content (AvgIpc) is 2.29. The minimum Gasteiger partial charge on any atom is -0.396 e. The maximum Gasteiger partial charge on any atom is 0.0558 e. The first-order valence-corrected chi connectivity index (χ1v) is 6.00. The van der Waals surface area contributed by atoms with Crippen molar-refractivity contribution in [1.82, 2.24) is 4.90 Å². The molecule has 0 aromatic carbocycles. The van der Waals surface area contributed by atoms with E-state index in [0.717, 1.165) is 0 Å². The molecule has 0 aliphatic heterocycles. The summed E-state index contributed by atoms with van der Waals surface area (Å²) in [6.45, 7) is 0.378. The molecular weight excluding hydrogens is 226 g/mol. The molecule has 0 aliphatic carbocycles. The summed E-state index contributed by atoms with van der Waals surface area (Å²) < 4.78 is 0. The number of aliphatic hydroxyl groups is 5. The summed E-state index contributed by atoms with van der Waals surface area (Å²) in [6.07, 6.45) is 1.19. The second kappa shape index (κ2) is 9.76. The van der Waals surface area contributed by atoms with Crippen LogP contribution < -0.4 is 0 Å². The lowest BCUT2D eigenvalue weighted by atomic mass is 9.86. The van der Waals surface area contributed by atoms with Gasteiger partial charge in [-0.3, -0.25) is 4.90 Å². The van der Waals surface area contributed by atoms with Crippen molar-refractivity contribution in [2.45, 2.75) is 24.8 Å². The lowest BCUT2D eigenvalue weighted by molar-refractivity contribution is -0.00138. The van der Waals surface area contributed by atoms with Crippen molar-refractivity contribution in [3.05, 3.63) is 0 Å². The van der Waals surface area contributed by atoms with Crippen molar-refractivity contribution < 1.29 is 25.5 Å². The van der Waals surface area contributed by atoms with Crippen LogP contribution in [0.15, 0.2) is 0 Å². The maximum atomic E-state index is 9.13. The van der Waals surface area contributed by atoms with Gasteiger partial charge in [0.15, 0.2) is 0 Å². The molecule has 0 radical (unpaired) electrons. The first kappa shape index (κ1) is 16.8. The van der Waals surface area contributed by atoms with E-state index in [1.54, 1.807) is 0 Å². The van der Waals surface area contributed by atoms with Gasteiger partial charge in [-0.15, -0.1) is 0 Å². The Hall–Kier alpha value is -0.240. The summed E-state index contributed by atoms with van der Waals surface area (Å²) in [4.78, 5) is 1.83. The summed E-state index contributed by atoms with van der Waals surface area (Å²) in [6, 6.07) is 0. The van der Waals surface area contributed by atoms with Crippen LogP contribution in [0.5, 0.6) is 0 Å². The van der Waals surface area contributed by atoms with Crippen LogP contribution in [0.1, 0.15) is 19.3 Å². The summed E-state index contributed by atoms with van der Waals surface area (Å²) in [5, 5.41) is 45.4. The highest BCUT2D eigenvalue weighted by molar-refractivity contribution is 4.90. The number of aliphatic hydroxyl groups excluding tert-OH is 5. The van der Waals surface area contributed by atoms with E-state index in [9.17, 15) is 0 Å². The SMILES string of the molecule is OCCN(CCO)C(CCO)(CCO)CCO. The molecule has 6 heteroatoms. The summed E-state index contributed by atoms with van der Waals surface area (Å²) in [5.74, 6) is 0. The van der Waals surface area contributed by atoms with Gasteiger partial charge in [-0.25, -0.2) is 0 Å². The smallest absolute Gasteiger partial charge is 0.0558 e. The zero-order valence-corrected chi connectivity index (χ0v) is 10.3. The van der Waals surface area contributed by atoms with Crippen molar-refractivity contribution >= 4 is 0 Å². The van der Waals surface area contributed by atoms with Gasteiger partial charge in [-0.1, -0.05) is 0 Å². The summed E-state index contributed by atoms with van der Waals surface area (Å²) in [5.41, 5.74) is -0.566. The van der Waals surface area contributed by atoms with Crippen molar-refractivity contribution in [3.63, 3.8) is 0 Å². The molecule has 0 bridgehead atoms. The van der Waals surface area contributed by atoms with Gasteiger partial charge < -0.3 is 25.5 Å². The number of rotatable bonds is 11. The van der Waals surface area contributed by atoms with E-state index in [2.05, 4.69) is 0 Å². The van der Waals surface area contributed by atoms with Gasteiger partial charge >= 0.3 is 0 Å². The Morgan fingerprint density at radius 1 is 0.588 bits per heavy atom. The molecule has 104 valence electrons. The van der Waals surface area contributed by atoms with Crippen molar-refractivity contribution in [3.8, 4) is 0 Å². The number of hydrogen-bond acceptors (Lipinski definition) is 6. The lowest BCUT2D eigenvalue weighted by Crippen LogP contribution is -2.52. The lowest BCUT2D eigenvalue weighted by Gasteiger charge is -2.43. The topological polar surface area (TPSA) is 104 Å². The van der Waals surface area contributed by atoms with Crippen LogP contribution in [0.3, 0.4) is 0 Å². The molecule has 0 saturated carbocycles. The third-order valence-electron chi connectivity index (χ3n) is 3.14. The maximum absolute atomic E-state index is 9.13. The van der Waals surface area contributed by atoms with Crippen molar-refractivity contribution in [2.24, 2.45) is 0 Å². The van der Waals surface area contributed by atoms with E-state index in [0.29, 0.717) is 32.4 Å². The second-order valence-corrected chi connectivity index (χ2v) is 4.08. The van der Waals surface area contributed by atoms with Gasteiger partial charge in [0.2, 0.25) is 0 Å². The van der Waals surface area contributed by atoms with Crippen LogP contribution in [-0.4, -0.2) is 82.1 Å². The van der Waals surface area contributed by atoms with E-state index in [4.69, 9.17) is 25.5 Å². The minimum absolute atomic E-state index is 0.0621. The quantitative estimate of drug-likeness (QED) is 0.295. The van der Waals surface area contributed by atoms with Crippen LogP contribution >= 0.6 is 0 Å². The predicted octanol–water partition coefficient (Wildman–Crippen LogP) is -1.84. The van der Waals surface area contributed by atoms with Crippen LogP contribution in [0.2, 0.25) is 0 Å². The van der Waals surface area contributed by atoms with Gasteiger partial charge in [0.25, 0.3) is 0 Å². The largest absolute Gasteiger partial charge is 0.396 e.